The molecule has 9 heteroatoms. The number of rotatable bonds is 4. The maximum Gasteiger partial charge on any atom is 0.231 e. The molecule has 0 unspecified atom stereocenters. The third-order valence-electron chi connectivity index (χ3n) is 5.68. The molecule has 164 valence electrons. The fraction of sp³-hybridized carbons (Fsp3) is 0.619. The van der Waals surface area contributed by atoms with E-state index >= 15 is 0 Å². The minimum atomic E-state index is -0.600. The molecule has 3 aliphatic heterocycles. The summed E-state index contributed by atoms with van der Waals surface area (Å²) in [6.07, 6.45) is -0.283. The van der Waals surface area contributed by atoms with Crippen molar-refractivity contribution < 1.29 is 38.4 Å². The van der Waals surface area contributed by atoms with Crippen LogP contribution in [0.5, 0.6) is 11.5 Å². The first kappa shape index (κ1) is 21.0. The molecule has 1 fully saturated rings. The predicted octanol–water partition coefficient (Wildman–Crippen LogP) is 0.834. The van der Waals surface area contributed by atoms with Gasteiger partial charge in [0.2, 0.25) is 12.7 Å². The summed E-state index contributed by atoms with van der Waals surface area (Å²) in [6.45, 7) is 0.261. The van der Waals surface area contributed by atoms with Gasteiger partial charge in [0.15, 0.2) is 17.8 Å². The summed E-state index contributed by atoms with van der Waals surface area (Å²) < 4.78 is 27.9. The highest BCUT2D eigenvalue weighted by Gasteiger charge is 2.34. The second-order valence-electron chi connectivity index (χ2n) is 7.77. The highest BCUT2D eigenvalue weighted by Crippen LogP contribution is 2.35. The lowest BCUT2D eigenvalue weighted by molar-refractivity contribution is -0.248. The molecule has 0 aromatic heterocycles. The summed E-state index contributed by atoms with van der Waals surface area (Å²) in [4.78, 5) is 25.2. The van der Waals surface area contributed by atoms with Crippen molar-refractivity contribution in [2.75, 3.05) is 20.5 Å². The number of hydrogen-bond acceptors (Lipinski definition) is 8. The molecule has 3 aliphatic rings. The number of methoxy groups -OCH3 is 1. The molecule has 30 heavy (non-hydrogen) atoms. The molecule has 1 amide bonds. The monoisotopic (exact) mass is 421 g/mol. The molecule has 1 aromatic rings. The van der Waals surface area contributed by atoms with Crippen molar-refractivity contribution in [1.82, 2.24) is 5.32 Å². The molecule has 2 N–H and O–H groups in total. The Labute approximate surface area is 174 Å². The van der Waals surface area contributed by atoms with Crippen LogP contribution in [0.4, 0.5) is 0 Å². The maximum absolute atomic E-state index is 12.8. The summed E-state index contributed by atoms with van der Waals surface area (Å²) in [5.74, 6) is 0.994. The number of aliphatic hydroxyl groups is 1. The van der Waals surface area contributed by atoms with Gasteiger partial charge < -0.3 is 34.1 Å². The number of hydrogen-bond donors (Lipinski definition) is 2. The average Bonchev–Trinajstić information content (AvgIpc) is 3.18. The second kappa shape index (κ2) is 9.30. The van der Waals surface area contributed by atoms with E-state index in [1.807, 2.05) is 6.07 Å². The van der Waals surface area contributed by atoms with Crippen LogP contribution in [0.15, 0.2) is 12.1 Å². The lowest BCUT2D eigenvalue weighted by Gasteiger charge is -2.36. The van der Waals surface area contributed by atoms with E-state index in [2.05, 4.69) is 5.32 Å². The number of ketones is 1. The fourth-order valence-electron chi connectivity index (χ4n) is 4.12. The fourth-order valence-corrected chi connectivity index (χ4v) is 4.12. The zero-order chi connectivity index (χ0) is 21.1. The van der Waals surface area contributed by atoms with Gasteiger partial charge in [0, 0.05) is 32.9 Å². The summed E-state index contributed by atoms with van der Waals surface area (Å²) in [5.41, 5.74) is 1.65. The van der Waals surface area contributed by atoms with Crippen LogP contribution in [-0.4, -0.2) is 61.9 Å². The van der Waals surface area contributed by atoms with Crippen molar-refractivity contribution >= 4 is 11.7 Å². The minimum Gasteiger partial charge on any atom is -0.454 e. The Balaban J connectivity index is 1.45. The highest BCUT2D eigenvalue weighted by molar-refractivity contribution is 5.84. The molecule has 0 bridgehead atoms. The first-order valence-electron chi connectivity index (χ1n) is 10.2. The van der Waals surface area contributed by atoms with Gasteiger partial charge in [-0.2, -0.15) is 0 Å². The quantitative estimate of drug-likeness (QED) is 0.735. The van der Waals surface area contributed by atoms with Gasteiger partial charge in [-0.3, -0.25) is 9.59 Å². The normalized spacial score (nSPS) is 29.3. The number of carbonyl (C=O) groups excluding carboxylic acids is 2. The van der Waals surface area contributed by atoms with Gasteiger partial charge in [0.1, 0.15) is 11.9 Å². The Morgan fingerprint density at radius 3 is 2.63 bits per heavy atom. The second-order valence-corrected chi connectivity index (χ2v) is 7.77. The lowest BCUT2D eigenvalue weighted by Crippen LogP contribution is -2.44. The number of ether oxygens (including phenoxy) is 5. The minimum absolute atomic E-state index is 0.0286. The molecular formula is C21H27NO8. The Morgan fingerprint density at radius 2 is 1.90 bits per heavy atom. The summed E-state index contributed by atoms with van der Waals surface area (Å²) >= 11 is 0. The van der Waals surface area contributed by atoms with Gasteiger partial charge >= 0.3 is 0 Å². The maximum atomic E-state index is 12.8. The van der Waals surface area contributed by atoms with Crippen molar-refractivity contribution in [2.24, 2.45) is 0 Å². The standard InChI is InChI=1S/C21H27NO8/c1-26-16-2-3-21(30-19(16)10-23)29-15-7-14(24)4-12-5-17-18(28-11-27-17)6-13(12)9-22-20(25)8-15/h5-6,15-16,19,21,23H,2-4,7-11H2,1H3,(H,22,25)/t15-,16-,19-,21-/m1/s1. The summed E-state index contributed by atoms with van der Waals surface area (Å²) in [7, 11) is 1.58. The molecule has 9 nitrogen and oxygen atoms in total. The summed E-state index contributed by atoms with van der Waals surface area (Å²) in [5, 5.41) is 12.4. The van der Waals surface area contributed by atoms with Gasteiger partial charge in [-0.25, -0.2) is 0 Å². The Kier molecular flexibility index (Phi) is 6.52. The zero-order valence-electron chi connectivity index (χ0n) is 16.9. The number of fused-ring (bicyclic) bond motifs is 2. The van der Waals surface area contributed by atoms with Gasteiger partial charge in [-0.05, 0) is 29.7 Å². The van der Waals surface area contributed by atoms with E-state index in [9.17, 15) is 14.7 Å². The number of amides is 1. The molecule has 4 rings (SSSR count). The number of aliphatic hydroxyl groups excluding tert-OH is 1. The Hall–Kier alpha value is -2.20. The molecule has 3 heterocycles. The van der Waals surface area contributed by atoms with Crippen molar-refractivity contribution in [3.63, 3.8) is 0 Å². The van der Waals surface area contributed by atoms with Gasteiger partial charge in [0.05, 0.1) is 25.2 Å². The zero-order valence-corrected chi connectivity index (χ0v) is 16.9. The van der Waals surface area contributed by atoms with Gasteiger partial charge in [-0.15, -0.1) is 0 Å². The van der Waals surface area contributed by atoms with Crippen LogP contribution in [0.1, 0.15) is 36.8 Å². The van der Waals surface area contributed by atoms with Crippen LogP contribution in [-0.2, 0) is 36.8 Å². The van der Waals surface area contributed by atoms with E-state index in [0.29, 0.717) is 30.9 Å². The Bertz CT molecular complexity index is 797. The van der Waals surface area contributed by atoms with Crippen molar-refractivity contribution in [1.29, 1.82) is 0 Å². The number of carbonyl (C=O) groups is 2. The van der Waals surface area contributed by atoms with E-state index in [1.54, 1.807) is 13.2 Å². The van der Waals surface area contributed by atoms with E-state index < -0.39 is 18.5 Å². The topological polar surface area (TPSA) is 113 Å². The molecule has 0 aliphatic carbocycles. The Morgan fingerprint density at radius 1 is 1.13 bits per heavy atom. The number of Topliss-reactive ketones (excluding diaryl/α,β-unsaturated/α-hetero) is 1. The van der Waals surface area contributed by atoms with Crippen LogP contribution in [0.3, 0.4) is 0 Å². The SMILES string of the molecule is CO[C@@H]1CC[C@H](O[C@@H]2CC(=O)Cc3cc4c(cc3CNC(=O)C2)OCO4)O[C@@H]1CO. The molecular weight excluding hydrogens is 394 g/mol. The van der Waals surface area contributed by atoms with Crippen LogP contribution in [0.25, 0.3) is 0 Å². The number of nitrogens with one attached hydrogen (secondary N) is 1. The van der Waals surface area contributed by atoms with Crippen molar-refractivity contribution in [3.8, 4) is 11.5 Å². The van der Waals surface area contributed by atoms with Crippen LogP contribution >= 0.6 is 0 Å². The van der Waals surface area contributed by atoms with E-state index in [-0.39, 0.29) is 50.5 Å². The van der Waals surface area contributed by atoms with E-state index in [4.69, 9.17) is 23.7 Å². The average molecular weight is 421 g/mol. The van der Waals surface area contributed by atoms with Gasteiger partial charge in [0.25, 0.3) is 0 Å². The molecule has 0 spiro atoms. The van der Waals surface area contributed by atoms with Crippen LogP contribution < -0.4 is 14.8 Å². The van der Waals surface area contributed by atoms with Crippen LogP contribution in [0.2, 0.25) is 0 Å². The third-order valence-corrected chi connectivity index (χ3v) is 5.68. The first-order chi connectivity index (χ1) is 14.6. The van der Waals surface area contributed by atoms with E-state index in [1.165, 1.54) is 0 Å². The van der Waals surface area contributed by atoms with Crippen molar-refractivity contribution in [3.05, 3.63) is 23.3 Å². The molecule has 4 atom stereocenters. The highest BCUT2D eigenvalue weighted by atomic mass is 16.7. The van der Waals surface area contributed by atoms with Crippen LogP contribution in [0, 0.1) is 0 Å². The lowest BCUT2D eigenvalue weighted by atomic mass is 9.96. The van der Waals surface area contributed by atoms with Gasteiger partial charge in [-0.1, -0.05) is 0 Å². The molecule has 0 radical (unpaired) electrons. The summed E-state index contributed by atoms with van der Waals surface area (Å²) in [6, 6.07) is 3.62. The smallest absolute Gasteiger partial charge is 0.231 e. The van der Waals surface area contributed by atoms with Crippen molar-refractivity contribution in [2.45, 2.75) is 63.3 Å². The third kappa shape index (κ3) is 4.75. The largest absolute Gasteiger partial charge is 0.454 e. The molecule has 0 saturated carbocycles. The predicted molar refractivity (Wildman–Crippen MR) is 103 cm³/mol. The van der Waals surface area contributed by atoms with E-state index in [0.717, 1.165) is 11.1 Å². The number of benzene rings is 1. The molecule has 1 saturated heterocycles. The molecule has 1 aromatic carbocycles. The first-order valence-corrected chi connectivity index (χ1v) is 10.2.